The van der Waals surface area contributed by atoms with Gasteiger partial charge in [0, 0.05) is 6.61 Å². The minimum atomic E-state index is -3.67. The molecule has 0 radical (unpaired) electrons. The lowest BCUT2D eigenvalue weighted by atomic mass is 10.2. The first kappa shape index (κ1) is 15.6. The quantitative estimate of drug-likeness (QED) is 0.611. The van der Waals surface area contributed by atoms with Crippen molar-refractivity contribution in [2.75, 3.05) is 19.0 Å². The fraction of sp³-hybridized carbons (Fsp3) is 0.417. The van der Waals surface area contributed by atoms with Crippen molar-refractivity contribution in [3.8, 4) is 0 Å². The SMILES string of the molecule is CCCOCCS(=O)(=O)c1ccc(F)c(C(=O)O)c1. The van der Waals surface area contributed by atoms with Gasteiger partial charge in [-0.1, -0.05) is 6.92 Å². The van der Waals surface area contributed by atoms with Gasteiger partial charge in [-0.25, -0.2) is 17.6 Å². The normalized spacial score (nSPS) is 11.5. The lowest BCUT2D eigenvalue weighted by Crippen LogP contribution is -2.14. The number of sulfone groups is 1. The van der Waals surface area contributed by atoms with Gasteiger partial charge in [0.15, 0.2) is 9.84 Å². The largest absolute Gasteiger partial charge is 0.478 e. The maximum atomic E-state index is 13.2. The molecule has 0 saturated carbocycles. The van der Waals surface area contributed by atoms with Crippen LogP contribution in [-0.4, -0.2) is 38.5 Å². The summed E-state index contributed by atoms with van der Waals surface area (Å²) in [6.07, 6.45) is 0.778. The maximum absolute atomic E-state index is 13.2. The van der Waals surface area contributed by atoms with Gasteiger partial charge in [-0.3, -0.25) is 0 Å². The lowest BCUT2D eigenvalue weighted by molar-refractivity contribution is 0.0691. The van der Waals surface area contributed by atoms with E-state index in [2.05, 4.69) is 0 Å². The van der Waals surface area contributed by atoms with Crippen LogP contribution in [0.2, 0.25) is 0 Å². The first-order valence-corrected chi connectivity index (χ1v) is 7.37. The minimum Gasteiger partial charge on any atom is -0.478 e. The topological polar surface area (TPSA) is 80.7 Å². The number of hydrogen-bond acceptors (Lipinski definition) is 4. The van der Waals surface area contributed by atoms with Crippen molar-refractivity contribution < 1.29 is 27.4 Å². The van der Waals surface area contributed by atoms with E-state index >= 15 is 0 Å². The van der Waals surface area contributed by atoms with E-state index in [9.17, 15) is 17.6 Å². The fourth-order valence-electron chi connectivity index (χ4n) is 1.39. The zero-order valence-corrected chi connectivity index (χ0v) is 11.2. The van der Waals surface area contributed by atoms with Gasteiger partial charge in [-0.05, 0) is 24.6 Å². The molecular weight excluding hydrogens is 275 g/mol. The summed E-state index contributed by atoms with van der Waals surface area (Å²) in [5, 5.41) is 8.74. The first-order valence-electron chi connectivity index (χ1n) is 5.72. The predicted molar refractivity (Wildman–Crippen MR) is 66.5 cm³/mol. The zero-order valence-electron chi connectivity index (χ0n) is 10.4. The summed E-state index contributed by atoms with van der Waals surface area (Å²) < 4.78 is 42.0. The highest BCUT2D eigenvalue weighted by Gasteiger charge is 2.19. The van der Waals surface area contributed by atoms with E-state index in [1.54, 1.807) is 0 Å². The number of carbonyl (C=O) groups is 1. The Labute approximate surface area is 110 Å². The number of carboxylic acids is 1. The van der Waals surface area contributed by atoms with E-state index < -0.39 is 27.2 Å². The third-order valence-corrected chi connectivity index (χ3v) is 4.05. The van der Waals surface area contributed by atoms with Crippen LogP contribution in [0.3, 0.4) is 0 Å². The molecule has 0 fully saturated rings. The van der Waals surface area contributed by atoms with E-state index in [1.165, 1.54) is 0 Å². The van der Waals surface area contributed by atoms with Crippen molar-refractivity contribution in [2.45, 2.75) is 18.2 Å². The van der Waals surface area contributed by atoms with Gasteiger partial charge >= 0.3 is 5.97 Å². The van der Waals surface area contributed by atoms with E-state index in [-0.39, 0.29) is 17.3 Å². The predicted octanol–water partition coefficient (Wildman–Crippen LogP) is 1.72. The van der Waals surface area contributed by atoms with Crippen molar-refractivity contribution in [3.63, 3.8) is 0 Å². The van der Waals surface area contributed by atoms with E-state index in [1.807, 2.05) is 6.92 Å². The van der Waals surface area contributed by atoms with Crippen molar-refractivity contribution in [2.24, 2.45) is 0 Å². The van der Waals surface area contributed by atoms with Crippen molar-refractivity contribution >= 4 is 15.8 Å². The second kappa shape index (κ2) is 6.63. The summed E-state index contributed by atoms with van der Waals surface area (Å²) in [7, 11) is -3.67. The number of hydrogen-bond donors (Lipinski definition) is 1. The number of carboxylic acid groups (broad SMARTS) is 1. The highest BCUT2D eigenvalue weighted by molar-refractivity contribution is 7.91. The maximum Gasteiger partial charge on any atom is 0.338 e. The van der Waals surface area contributed by atoms with Gasteiger partial charge < -0.3 is 9.84 Å². The molecule has 5 nitrogen and oxygen atoms in total. The van der Waals surface area contributed by atoms with E-state index in [0.717, 1.165) is 24.6 Å². The monoisotopic (exact) mass is 290 g/mol. The van der Waals surface area contributed by atoms with Gasteiger partial charge in [0.25, 0.3) is 0 Å². The Morgan fingerprint density at radius 1 is 1.37 bits per heavy atom. The summed E-state index contributed by atoms with van der Waals surface area (Å²) in [4.78, 5) is 10.5. The number of halogens is 1. The van der Waals surface area contributed by atoms with Gasteiger partial charge in [-0.2, -0.15) is 0 Å². The standard InChI is InChI=1S/C12H15FO5S/c1-2-5-18-6-7-19(16,17)9-3-4-11(13)10(8-9)12(14)15/h3-4,8H,2,5-7H2,1H3,(H,14,15). The van der Waals surface area contributed by atoms with Crippen LogP contribution in [-0.2, 0) is 14.6 Å². The molecule has 19 heavy (non-hydrogen) atoms. The molecule has 106 valence electrons. The Balaban J connectivity index is 2.89. The average molecular weight is 290 g/mol. The molecule has 0 bridgehead atoms. The van der Waals surface area contributed by atoms with Crippen molar-refractivity contribution in [3.05, 3.63) is 29.6 Å². The average Bonchev–Trinajstić information content (AvgIpc) is 2.34. The fourth-order valence-corrected chi connectivity index (χ4v) is 2.54. The van der Waals surface area contributed by atoms with Gasteiger partial charge in [0.2, 0.25) is 0 Å². The summed E-state index contributed by atoms with van der Waals surface area (Å²) in [5.41, 5.74) is -0.657. The molecule has 0 unspecified atom stereocenters. The van der Waals surface area contributed by atoms with Crippen molar-refractivity contribution in [1.82, 2.24) is 0 Å². The van der Waals surface area contributed by atoms with Gasteiger partial charge in [-0.15, -0.1) is 0 Å². The summed E-state index contributed by atoms with van der Waals surface area (Å²) in [6.45, 7) is 2.38. The molecule has 0 aliphatic carbocycles. The lowest BCUT2D eigenvalue weighted by Gasteiger charge is -2.06. The van der Waals surface area contributed by atoms with Crippen LogP contribution in [0.1, 0.15) is 23.7 Å². The molecule has 7 heteroatoms. The van der Waals surface area contributed by atoms with E-state index in [0.29, 0.717) is 6.61 Å². The zero-order chi connectivity index (χ0) is 14.5. The molecule has 0 saturated heterocycles. The van der Waals surface area contributed by atoms with Crippen LogP contribution in [0, 0.1) is 5.82 Å². The number of aromatic carboxylic acids is 1. The van der Waals surface area contributed by atoms with Crippen LogP contribution < -0.4 is 0 Å². The minimum absolute atomic E-state index is 0.0238. The molecule has 0 amide bonds. The molecule has 0 aromatic heterocycles. The Morgan fingerprint density at radius 2 is 2.05 bits per heavy atom. The van der Waals surface area contributed by atoms with Gasteiger partial charge in [0.05, 0.1) is 22.8 Å². The molecule has 1 aromatic rings. The first-order chi connectivity index (χ1) is 8.88. The molecule has 1 aromatic carbocycles. The molecule has 0 heterocycles. The smallest absolute Gasteiger partial charge is 0.338 e. The Kier molecular flexibility index (Phi) is 5.44. The number of rotatable bonds is 7. The third-order valence-electron chi connectivity index (χ3n) is 2.37. The Morgan fingerprint density at radius 3 is 2.63 bits per heavy atom. The third kappa shape index (κ3) is 4.29. The summed E-state index contributed by atoms with van der Waals surface area (Å²) >= 11 is 0. The van der Waals surface area contributed by atoms with Crippen molar-refractivity contribution in [1.29, 1.82) is 0 Å². The van der Waals surface area contributed by atoms with Crippen LogP contribution in [0.25, 0.3) is 0 Å². The Bertz CT molecular complexity index is 553. The van der Waals surface area contributed by atoms with Crippen LogP contribution >= 0.6 is 0 Å². The second-order valence-electron chi connectivity index (χ2n) is 3.88. The molecule has 0 aliphatic heterocycles. The highest BCUT2D eigenvalue weighted by Crippen LogP contribution is 2.16. The summed E-state index contributed by atoms with van der Waals surface area (Å²) in [5.74, 6) is -2.73. The van der Waals surface area contributed by atoms with Gasteiger partial charge in [0.1, 0.15) is 5.82 Å². The molecule has 1 N–H and O–H groups in total. The highest BCUT2D eigenvalue weighted by atomic mass is 32.2. The number of ether oxygens (including phenoxy) is 1. The molecule has 0 aliphatic rings. The Hall–Kier alpha value is -1.47. The van der Waals surface area contributed by atoms with Crippen LogP contribution in [0.5, 0.6) is 0 Å². The molecule has 0 atom stereocenters. The molecule has 0 spiro atoms. The molecular formula is C12H15FO5S. The van der Waals surface area contributed by atoms with E-state index in [4.69, 9.17) is 9.84 Å². The number of benzene rings is 1. The second-order valence-corrected chi connectivity index (χ2v) is 5.99. The summed E-state index contributed by atoms with van der Waals surface area (Å²) in [6, 6.07) is 2.72. The van der Waals surface area contributed by atoms with Crippen LogP contribution in [0.4, 0.5) is 4.39 Å². The van der Waals surface area contributed by atoms with Crippen LogP contribution in [0.15, 0.2) is 23.1 Å². The molecule has 1 rings (SSSR count).